The van der Waals surface area contributed by atoms with Gasteiger partial charge in [0.1, 0.15) is 0 Å². The summed E-state index contributed by atoms with van der Waals surface area (Å²) in [5.74, 6) is -0.898. The predicted octanol–water partition coefficient (Wildman–Crippen LogP) is 4.57. The fraction of sp³-hybridized carbons (Fsp3) is 0.364. The number of nitrogens with zero attached hydrogens (tertiary/aromatic N) is 2. The number of thiazole rings is 1. The lowest BCUT2D eigenvalue weighted by atomic mass is 9.98. The normalized spacial score (nSPS) is 17.4. The second-order valence-corrected chi connectivity index (χ2v) is 11.8. The molecule has 1 aliphatic heterocycles. The Labute approximate surface area is 206 Å². The lowest BCUT2D eigenvalue weighted by molar-refractivity contribution is -0.120. The summed E-state index contributed by atoms with van der Waals surface area (Å²) in [4.78, 5) is 24.9. The van der Waals surface area contributed by atoms with Crippen molar-refractivity contribution in [3.05, 3.63) is 61.7 Å². The highest BCUT2D eigenvalue weighted by molar-refractivity contribution is 7.88. The molecule has 0 bridgehead atoms. The zero-order valence-electron chi connectivity index (χ0n) is 17.9. The van der Waals surface area contributed by atoms with Crippen LogP contribution in [-0.4, -0.2) is 36.3 Å². The number of benzene rings is 2. The van der Waals surface area contributed by atoms with Crippen molar-refractivity contribution in [1.29, 1.82) is 0 Å². The average Bonchev–Trinajstić information content (AvgIpc) is 3.10. The van der Waals surface area contributed by atoms with Gasteiger partial charge in [-0.3, -0.25) is 14.2 Å². The van der Waals surface area contributed by atoms with E-state index in [1.165, 1.54) is 4.31 Å². The first-order valence-corrected chi connectivity index (χ1v) is 13.7. The van der Waals surface area contributed by atoms with E-state index in [9.17, 15) is 18.0 Å². The van der Waals surface area contributed by atoms with Gasteiger partial charge in [-0.05, 0) is 55.7 Å². The van der Waals surface area contributed by atoms with Gasteiger partial charge in [0.15, 0.2) is 0 Å². The molecule has 1 saturated heterocycles. The number of fused-ring (bicyclic) bond motifs is 1. The zero-order chi connectivity index (χ0) is 23.8. The fourth-order valence-corrected chi connectivity index (χ4v) is 6.94. The summed E-state index contributed by atoms with van der Waals surface area (Å²) in [6.45, 7) is 2.99. The van der Waals surface area contributed by atoms with Crippen LogP contribution in [0.3, 0.4) is 0 Å². The molecule has 7 nitrogen and oxygen atoms in total. The van der Waals surface area contributed by atoms with Crippen LogP contribution in [0.5, 0.6) is 0 Å². The second kappa shape index (κ2) is 9.76. The number of carbonyl (C=O) groups excluding carboxylic acids is 1. The first-order valence-electron chi connectivity index (χ1n) is 10.5. The molecular formula is C22H23Cl2N3O4S2. The van der Waals surface area contributed by atoms with E-state index in [4.69, 9.17) is 23.2 Å². The number of aromatic nitrogens is 1. The van der Waals surface area contributed by atoms with Crippen molar-refractivity contribution >= 4 is 66.4 Å². The van der Waals surface area contributed by atoms with Crippen LogP contribution in [0.15, 0.2) is 41.2 Å². The first-order chi connectivity index (χ1) is 15.7. The molecule has 0 spiro atoms. The molecular weight excluding hydrogens is 505 g/mol. The maximum atomic E-state index is 13.0. The molecule has 0 radical (unpaired) electrons. The van der Waals surface area contributed by atoms with Crippen molar-refractivity contribution < 1.29 is 13.2 Å². The zero-order valence-corrected chi connectivity index (χ0v) is 21.0. The Bertz CT molecular complexity index is 1370. The lowest BCUT2D eigenvalue weighted by Gasteiger charge is -2.31. The summed E-state index contributed by atoms with van der Waals surface area (Å²) in [5, 5.41) is 3.56. The van der Waals surface area contributed by atoms with E-state index in [0.717, 1.165) is 21.6 Å². The van der Waals surface area contributed by atoms with Crippen LogP contribution < -0.4 is 10.2 Å². The molecule has 2 heterocycles. The van der Waals surface area contributed by atoms with Gasteiger partial charge in [0.25, 0.3) is 0 Å². The second-order valence-electron chi connectivity index (χ2n) is 7.99. The number of halogens is 2. The monoisotopic (exact) mass is 527 g/mol. The number of nitrogens with one attached hydrogen (secondary N) is 1. The maximum absolute atomic E-state index is 13.0. The molecule has 11 heteroatoms. The molecule has 176 valence electrons. The van der Waals surface area contributed by atoms with Crippen molar-refractivity contribution in [1.82, 2.24) is 8.87 Å². The van der Waals surface area contributed by atoms with Gasteiger partial charge in [-0.25, -0.2) is 12.7 Å². The van der Waals surface area contributed by atoms with Crippen LogP contribution in [-0.2, 0) is 27.1 Å². The van der Waals surface area contributed by atoms with Crippen molar-refractivity contribution in [3.63, 3.8) is 0 Å². The van der Waals surface area contributed by atoms with Crippen LogP contribution in [0, 0.1) is 5.92 Å². The minimum Gasteiger partial charge on any atom is -0.326 e. The number of hydrogen-bond acceptors (Lipinski definition) is 5. The Kier molecular flexibility index (Phi) is 7.16. The smallest absolute Gasteiger partial charge is 0.308 e. The van der Waals surface area contributed by atoms with E-state index < -0.39 is 15.9 Å². The molecule has 3 aromatic rings. The van der Waals surface area contributed by atoms with Gasteiger partial charge >= 0.3 is 4.87 Å². The SMILES string of the molecule is CCn1c(=O)sc2cc(NC(=O)[C@H]3CCCN(S(=O)(=O)Cc4ccc(Cl)c(Cl)c4)C3)ccc21. The van der Waals surface area contributed by atoms with Crippen molar-refractivity contribution in [2.24, 2.45) is 5.92 Å². The van der Waals surface area contributed by atoms with E-state index in [0.29, 0.717) is 47.2 Å². The van der Waals surface area contributed by atoms with Crippen molar-refractivity contribution in [3.8, 4) is 0 Å². The first kappa shape index (κ1) is 24.2. The topological polar surface area (TPSA) is 88.5 Å². The van der Waals surface area contributed by atoms with Gasteiger partial charge in [-0.1, -0.05) is 40.6 Å². The van der Waals surface area contributed by atoms with Gasteiger partial charge < -0.3 is 5.32 Å². The van der Waals surface area contributed by atoms with Crippen LogP contribution in [0.1, 0.15) is 25.3 Å². The summed E-state index contributed by atoms with van der Waals surface area (Å²) in [5.41, 5.74) is 1.97. The molecule has 1 aromatic heterocycles. The van der Waals surface area contributed by atoms with Gasteiger partial charge in [0, 0.05) is 25.3 Å². The van der Waals surface area contributed by atoms with Gasteiger partial charge in [-0.15, -0.1) is 0 Å². The minimum atomic E-state index is -3.62. The molecule has 1 fully saturated rings. The quantitative estimate of drug-likeness (QED) is 0.508. The lowest BCUT2D eigenvalue weighted by Crippen LogP contribution is -2.44. The fourth-order valence-electron chi connectivity index (χ4n) is 4.03. The highest BCUT2D eigenvalue weighted by Crippen LogP contribution is 2.27. The number of aryl methyl sites for hydroxylation is 1. The van der Waals surface area contributed by atoms with E-state index >= 15 is 0 Å². The van der Waals surface area contributed by atoms with E-state index in [2.05, 4.69) is 5.32 Å². The van der Waals surface area contributed by atoms with Crippen molar-refractivity contribution in [2.75, 3.05) is 18.4 Å². The van der Waals surface area contributed by atoms with Gasteiger partial charge in [-0.2, -0.15) is 0 Å². The van der Waals surface area contributed by atoms with E-state index in [1.54, 1.807) is 34.9 Å². The summed E-state index contributed by atoms with van der Waals surface area (Å²) in [6.07, 6.45) is 1.20. The minimum absolute atomic E-state index is 0.0360. The number of carbonyl (C=O) groups is 1. The van der Waals surface area contributed by atoms with Gasteiger partial charge in [0.05, 0.1) is 31.9 Å². The van der Waals surface area contributed by atoms with Crippen molar-refractivity contribution in [2.45, 2.75) is 32.1 Å². The molecule has 1 amide bonds. The number of rotatable bonds is 6. The Morgan fingerprint density at radius 3 is 2.70 bits per heavy atom. The standard InChI is InChI=1S/C22H23Cl2N3O4S2/c1-2-27-19-8-6-16(11-20(19)32-22(27)29)25-21(28)15-4-3-9-26(12-15)33(30,31)13-14-5-7-17(23)18(24)10-14/h5-8,10-11,15H,2-4,9,12-13H2,1H3,(H,25,28)/t15-/m0/s1. The molecule has 1 atom stereocenters. The highest BCUT2D eigenvalue weighted by atomic mass is 35.5. The van der Waals surface area contributed by atoms with Crippen LogP contribution in [0.2, 0.25) is 10.0 Å². The van der Waals surface area contributed by atoms with E-state index in [1.807, 2.05) is 13.0 Å². The predicted molar refractivity (Wildman–Crippen MR) is 134 cm³/mol. The third-order valence-corrected chi connectivity index (χ3v) is 9.23. The Morgan fingerprint density at radius 1 is 1.18 bits per heavy atom. The Hall–Kier alpha value is -1.91. The summed E-state index contributed by atoms with van der Waals surface area (Å²) < 4.78 is 29.8. The molecule has 1 aliphatic rings. The van der Waals surface area contributed by atoms with Gasteiger partial charge in [0.2, 0.25) is 15.9 Å². The molecule has 0 aliphatic carbocycles. The number of piperidine rings is 1. The summed E-state index contributed by atoms with van der Waals surface area (Å²) in [7, 11) is -3.62. The third kappa shape index (κ3) is 5.27. The van der Waals surface area contributed by atoms with Crippen LogP contribution in [0.25, 0.3) is 10.2 Å². The summed E-state index contributed by atoms with van der Waals surface area (Å²) >= 11 is 13.1. The third-order valence-electron chi connectivity index (χ3n) is 5.73. The number of anilines is 1. The maximum Gasteiger partial charge on any atom is 0.308 e. The molecule has 0 unspecified atom stereocenters. The number of amides is 1. The van der Waals surface area contributed by atoms with Crippen LogP contribution in [0.4, 0.5) is 5.69 Å². The molecule has 2 aromatic carbocycles. The average molecular weight is 528 g/mol. The summed E-state index contributed by atoms with van der Waals surface area (Å²) in [6, 6.07) is 10.1. The Morgan fingerprint density at radius 2 is 1.97 bits per heavy atom. The highest BCUT2D eigenvalue weighted by Gasteiger charge is 2.32. The van der Waals surface area contributed by atoms with Crippen LogP contribution >= 0.6 is 34.5 Å². The largest absolute Gasteiger partial charge is 0.326 e. The molecule has 4 rings (SSSR count). The number of hydrogen-bond donors (Lipinski definition) is 1. The molecule has 0 saturated carbocycles. The molecule has 1 N–H and O–H groups in total. The van der Waals surface area contributed by atoms with E-state index in [-0.39, 0.29) is 23.1 Å². The molecule has 33 heavy (non-hydrogen) atoms. The number of sulfonamides is 1. The Balaban J connectivity index is 1.45.